The van der Waals surface area contributed by atoms with Gasteiger partial charge in [-0.05, 0) is 68.6 Å². The van der Waals surface area contributed by atoms with Gasteiger partial charge in [-0.25, -0.2) is 0 Å². The zero-order valence-electron chi connectivity index (χ0n) is 11.8. The molecule has 3 unspecified atom stereocenters. The van der Waals surface area contributed by atoms with Crippen LogP contribution >= 0.6 is 11.6 Å². The first-order valence-electron chi connectivity index (χ1n) is 7.89. The summed E-state index contributed by atoms with van der Waals surface area (Å²) in [5.41, 5.74) is 7.49. The van der Waals surface area contributed by atoms with Crippen molar-refractivity contribution in [3.8, 4) is 5.75 Å². The van der Waals surface area contributed by atoms with Gasteiger partial charge in [-0.2, -0.15) is 0 Å². The molecule has 0 aromatic heterocycles. The predicted molar refractivity (Wildman–Crippen MR) is 81.0 cm³/mol. The van der Waals surface area contributed by atoms with E-state index in [1.165, 1.54) is 32.1 Å². The monoisotopic (exact) mass is 291 g/mol. The molecular formula is C17H22ClNO. The fraction of sp³-hybridized carbons (Fsp3) is 0.647. The first-order valence-corrected chi connectivity index (χ1v) is 8.27. The summed E-state index contributed by atoms with van der Waals surface area (Å²) < 4.78 is 6.46. The topological polar surface area (TPSA) is 35.2 Å². The molecule has 3 heteroatoms. The van der Waals surface area contributed by atoms with E-state index in [4.69, 9.17) is 22.1 Å². The highest BCUT2D eigenvalue weighted by molar-refractivity contribution is 6.30. The van der Waals surface area contributed by atoms with Gasteiger partial charge >= 0.3 is 0 Å². The standard InChI is InChI=1S/C17H22ClNO/c18-13-5-6-16-14(8-13)15(19)10-17(20-16)7-1-2-12(9-17)11-3-4-11/h5-6,8,11-12,15H,1-4,7,9-10,19H2. The number of rotatable bonds is 1. The van der Waals surface area contributed by atoms with Gasteiger partial charge in [0.2, 0.25) is 0 Å². The van der Waals surface area contributed by atoms with Crippen LogP contribution in [0.2, 0.25) is 5.02 Å². The number of hydrogen-bond acceptors (Lipinski definition) is 2. The molecule has 2 aliphatic carbocycles. The zero-order chi connectivity index (χ0) is 13.7. The molecule has 1 aromatic carbocycles. The fourth-order valence-electron chi connectivity index (χ4n) is 4.30. The summed E-state index contributed by atoms with van der Waals surface area (Å²) in [5, 5.41) is 0.748. The molecule has 1 heterocycles. The van der Waals surface area contributed by atoms with Gasteiger partial charge in [0.05, 0.1) is 0 Å². The van der Waals surface area contributed by atoms with Crippen molar-refractivity contribution in [1.82, 2.24) is 0 Å². The Hall–Kier alpha value is -0.730. The summed E-state index contributed by atoms with van der Waals surface area (Å²) in [4.78, 5) is 0. The minimum absolute atomic E-state index is 0.00818. The van der Waals surface area contributed by atoms with Crippen molar-refractivity contribution in [2.75, 3.05) is 0 Å². The van der Waals surface area contributed by atoms with E-state index in [1.807, 2.05) is 18.2 Å². The molecule has 2 fully saturated rings. The van der Waals surface area contributed by atoms with Gasteiger partial charge in [-0.15, -0.1) is 0 Å². The largest absolute Gasteiger partial charge is 0.487 e. The van der Waals surface area contributed by atoms with Gasteiger partial charge in [0.1, 0.15) is 11.4 Å². The van der Waals surface area contributed by atoms with Crippen LogP contribution in [0.4, 0.5) is 0 Å². The molecule has 2 N–H and O–H groups in total. The fourth-order valence-corrected chi connectivity index (χ4v) is 4.48. The van der Waals surface area contributed by atoms with E-state index in [2.05, 4.69) is 0 Å². The second kappa shape index (κ2) is 4.64. The summed E-state index contributed by atoms with van der Waals surface area (Å²) in [6.07, 6.45) is 8.84. The van der Waals surface area contributed by atoms with E-state index in [1.54, 1.807) is 0 Å². The van der Waals surface area contributed by atoms with Crippen LogP contribution < -0.4 is 10.5 Å². The van der Waals surface area contributed by atoms with Crippen LogP contribution in [0.1, 0.15) is 56.6 Å². The van der Waals surface area contributed by atoms with Gasteiger partial charge in [0.25, 0.3) is 0 Å². The normalized spacial score (nSPS) is 36.5. The molecule has 108 valence electrons. The Morgan fingerprint density at radius 1 is 1.15 bits per heavy atom. The van der Waals surface area contributed by atoms with E-state index >= 15 is 0 Å². The molecule has 4 rings (SSSR count). The lowest BCUT2D eigenvalue weighted by atomic mass is 9.71. The van der Waals surface area contributed by atoms with Gasteiger partial charge in [-0.1, -0.05) is 11.6 Å². The zero-order valence-corrected chi connectivity index (χ0v) is 12.5. The number of ether oxygens (including phenoxy) is 1. The first kappa shape index (κ1) is 13.0. The smallest absolute Gasteiger partial charge is 0.125 e. The summed E-state index contributed by atoms with van der Waals surface area (Å²) >= 11 is 6.08. The summed E-state index contributed by atoms with van der Waals surface area (Å²) in [5.74, 6) is 2.80. The molecule has 2 nitrogen and oxygen atoms in total. The molecule has 3 atom stereocenters. The number of hydrogen-bond donors (Lipinski definition) is 1. The third-order valence-electron chi connectivity index (χ3n) is 5.42. The van der Waals surface area contributed by atoms with Crippen molar-refractivity contribution in [2.45, 2.75) is 56.6 Å². The third-order valence-corrected chi connectivity index (χ3v) is 5.65. The van der Waals surface area contributed by atoms with Gasteiger partial charge < -0.3 is 10.5 Å². The number of fused-ring (bicyclic) bond motifs is 1. The van der Waals surface area contributed by atoms with Crippen LogP contribution in [0.3, 0.4) is 0 Å². The molecule has 20 heavy (non-hydrogen) atoms. The maximum Gasteiger partial charge on any atom is 0.125 e. The van der Waals surface area contributed by atoms with E-state index in [9.17, 15) is 0 Å². The Kier molecular flexibility index (Phi) is 3.01. The number of benzene rings is 1. The van der Waals surface area contributed by atoms with Crippen LogP contribution in [0.5, 0.6) is 5.75 Å². The molecule has 3 aliphatic rings. The van der Waals surface area contributed by atoms with E-state index in [-0.39, 0.29) is 11.6 Å². The molecule has 1 aliphatic heterocycles. The Labute approximate surface area is 125 Å². The highest BCUT2D eigenvalue weighted by Crippen LogP contribution is 2.52. The Bertz CT molecular complexity index is 528. The minimum atomic E-state index is -0.00818. The van der Waals surface area contributed by atoms with Gasteiger partial charge in [-0.3, -0.25) is 0 Å². The Balaban J connectivity index is 1.62. The first-order chi connectivity index (χ1) is 9.65. The van der Waals surface area contributed by atoms with Crippen LogP contribution in [-0.2, 0) is 0 Å². The van der Waals surface area contributed by atoms with E-state index in [0.717, 1.165) is 41.0 Å². The average molecular weight is 292 g/mol. The van der Waals surface area contributed by atoms with Gasteiger partial charge in [0.15, 0.2) is 0 Å². The maximum atomic E-state index is 6.46. The van der Waals surface area contributed by atoms with Crippen molar-refractivity contribution in [2.24, 2.45) is 17.6 Å². The molecule has 0 amide bonds. The van der Waals surface area contributed by atoms with Crippen LogP contribution in [0, 0.1) is 11.8 Å². The predicted octanol–water partition coefficient (Wildman–Crippen LogP) is 4.46. The van der Waals surface area contributed by atoms with Crippen LogP contribution in [0.25, 0.3) is 0 Å². The average Bonchev–Trinajstić information content (AvgIpc) is 3.24. The molecule has 1 spiro atoms. The summed E-state index contributed by atoms with van der Waals surface area (Å²) in [6, 6.07) is 5.94. The molecule has 0 bridgehead atoms. The maximum absolute atomic E-state index is 6.46. The minimum Gasteiger partial charge on any atom is -0.487 e. The van der Waals surface area contributed by atoms with Crippen molar-refractivity contribution >= 4 is 11.6 Å². The SMILES string of the molecule is NC1CC2(CCCC(C3CC3)C2)Oc2ccc(Cl)cc21. The Morgan fingerprint density at radius 3 is 2.80 bits per heavy atom. The second-order valence-electron chi connectivity index (χ2n) is 6.97. The highest BCUT2D eigenvalue weighted by Gasteiger charge is 2.46. The number of nitrogens with two attached hydrogens (primary N) is 1. The van der Waals surface area contributed by atoms with E-state index in [0.29, 0.717) is 0 Å². The van der Waals surface area contributed by atoms with Crippen molar-refractivity contribution < 1.29 is 4.74 Å². The molecular weight excluding hydrogens is 270 g/mol. The molecule has 0 radical (unpaired) electrons. The lowest BCUT2D eigenvalue weighted by Gasteiger charge is -2.46. The van der Waals surface area contributed by atoms with Gasteiger partial charge in [0, 0.05) is 23.0 Å². The second-order valence-corrected chi connectivity index (χ2v) is 7.41. The summed E-state index contributed by atoms with van der Waals surface area (Å²) in [6.45, 7) is 0. The molecule has 1 aromatic rings. The third kappa shape index (κ3) is 2.23. The van der Waals surface area contributed by atoms with Crippen LogP contribution in [-0.4, -0.2) is 5.60 Å². The summed E-state index contributed by atoms with van der Waals surface area (Å²) in [7, 11) is 0. The molecule has 0 saturated heterocycles. The molecule has 2 saturated carbocycles. The van der Waals surface area contributed by atoms with E-state index < -0.39 is 0 Å². The number of halogens is 1. The van der Waals surface area contributed by atoms with Crippen molar-refractivity contribution in [3.63, 3.8) is 0 Å². The lowest BCUT2D eigenvalue weighted by Crippen LogP contribution is -2.46. The lowest BCUT2D eigenvalue weighted by molar-refractivity contribution is -0.0207. The quantitative estimate of drug-likeness (QED) is 0.829. The van der Waals surface area contributed by atoms with Crippen molar-refractivity contribution in [1.29, 1.82) is 0 Å². The Morgan fingerprint density at radius 2 is 2.00 bits per heavy atom. The van der Waals surface area contributed by atoms with Crippen molar-refractivity contribution in [3.05, 3.63) is 28.8 Å². The highest BCUT2D eigenvalue weighted by atomic mass is 35.5. The van der Waals surface area contributed by atoms with Crippen LogP contribution in [0.15, 0.2) is 18.2 Å².